The predicted octanol–water partition coefficient (Wildman–Crippen LogP) is 3.11. The van der Waals surface area contributed by atoms with E-state index in [0.29, 0.717) is 22.7 Å². The van der Waals surface area contributed by atoms with Crippen LogP contribution in [0, 0.1) is 6.92 Å². The van der Waals surface area contributed by atoms with Gasteiger partial charge in [0, 0.05) is 44.0 Å². The van der Waals surface area contributed by atoms with Gasteiger partial charge in [-0.15, -0.1) is 0 Å². The van der Waals surface area contributed by atoms with Crippen LogP contribution in [0.1, 0.15) is 50.9 Å². The van der Waals surface area contributed by atoms with Gasteiger partial charge < -0.3 is 10.2 Å². The fourth-order valence-electron chi connectivity index (χ4n) is 3.42. The maximum Gasteiger partial charge on any atom is 0.256 e. The highest BCUT2D eigenvalue weighted by atomic mass is 16.2. The maximum absolute atomic E-state index is 13.1. The van der Waals surface area contributed by atoms with Gasteiger partial charge in [0.1, 0.15) is 0 Å². The average Bonchev–Trinajstić information content (AvgIpc) is 3.47. The molecule has 1 aliphatic rings. The van der Waals surface area contributed by atoms with Crippen LogP contribution >= 0.6 is 0 Å². The number of pyridine rings is 1. The minimum atomic E-state index is -0.222. The lowest BCUT2D eigenvalue weighted by Gasteiger charge is -2.12. The lowest BCUT2D eigenvalue weighted by Crippen LogP contribution is -2.22. The summed E-state index contributed by atoms with van der Waals surface area (Å²) in [7, 11) is 5.24. The third-order valence-electron chi connectivity index (χ3n) is 5.00. The second kappa shape index (κ2) is 6.74. The summed E-state index contributed by atoms with van der Waals surface area (Å²) in [6.07, 6.45) is 2.20. The molecule has 0 atom stereocenters. The van der Waals surface area contributed by atoms with Gasteiger partial charge in [-0.25, -0.2) is 4.98 Å². The lowest BCUT2D eigenvalue weighted by atomic mass is 10.1. The van der Waals surface area contributed by atoms with Crippen molar-refractivity contribution in [2.45, 2.75) is 25.7 Å². The summed E-state index contributed by atoms with van der Waals surface area (Å²) in [5.74, 6) is 0.0913. The molecule has 4 rings (SSSR count). The van der Waals surface area contributed by atoms with Crippen molar-refractivity contribution in [3.63, 3.8) is 0 Å². The molecular formula is C21H23N5O2. The standard InChI is InChI=1S/C21H23N5O2/c1-12-18-16(11-17(13-8-9-13)23-19(18)26(4)24-12)20(27)22-15-7-5-6-14(10-15)21(28)25(2)3/h5-7,10-11,13H,8-9H2,1-4H3,(H,22,27). The fourth-order valence-corrected chi connectivity index (χ4v) is 3.42. The number of nitrogens with one attached hydrogen (secondary N) is 1. The van der Waals surface area contributed by atoms with E-state index in [0.717, 1.165) is 35.3 Å². The second-order valence-corrected chi connectivity index (χ2v) is 7.51. The molecule has 144 valence electrons. The van der Waals surface area contributed by atoms with Crippen LogP contribution in [0.15, 0.2) is 30.3 Å². The number of carbonyl (C=O) groups excluding carboxylic acids is 2. The van der Waals surface area contributed by atoms with Gasteiger partial charge in [0.25, 0.3) is 11.8 Å². The molecule has 0 saturated heterocycles. The first-order chi connectivity index (χ1) is 13.3. The van der Waals surface area contributed by atoms with Crippen molar-refractivity contribution in [1.29, 1.82) is 0 Å². The van der Waals surface area contributed by atoms with E-state index in [-0.39, 0.29) is 11.8 Å². The Morgan fingerprint density at radius 3 is 2.64 bits per heavy atom. The lowest BCUT2D eigenvalue weighted by molar-refractivity contribution is 0.0827. The predicted molar refractivity (Wildman–Crippen MR) is 108 cm³/mol. The molecule has 1 saturated carbocycles. The SMILES string of the molecule is Cc1nn(C)c2nc(C3CC3)cc(C(=O)Nc3cccc(C(=O)N(C)C)c3)c12. The Hall–Kier alpha value is -3.22. The quantitative estimate of drug-likeness (QED) is 0.758. The van der Waals surface area contributed by atoms with E-state index < -0.39 is 0 Å². The summed E-state index contributed by atoms with van der Waals surface area (Å²) in [6, 6.07) is 8.86. The van der Waals surface area contributed by atoms with Crippen molar-refractivity contribution in [3.8, 4) is 0 Å². The number of fused-ring (bicyclic) bond motifs is 1. The summed E-state index contributed by atoms with van der Waals surface area (Å²) in [5, 5.41) is 8.14. The number of rotatable bonds is 4. The number of carbonyl (C=O) groups is 2. The van der Waals surface area contributed by atoms with Crippen LogP contribution in [0.3, 0.4) is 0 Å². The molecule has 1 aromatic carbocycles. The zero-order valence-corrected chi connectivity index (χ0v) is 16.5. The highest BCUT2D eigenvalue weighted by molar-refractivity contribution is 6.13. The van der Waals surface area contributed by atoms with Gasteiger partial charge in [-0.2, -0.15) is 5.10 Å². The molecule has 1 aliphatic carbocycles. The highest BCUT2D eigenvalue weighted by Gasteiger charge is 2.28. The maximum atomic E-state index is 13.1. The van der Waals surface area contributed by atoms with Crippen molar-refractivity contribution in [2.24, 2.45) is 7.05 Å². The van der Waals surface area contributed by atoms with Gasteiger partial charge >= 0.3 is 0 Å². The van der Waals surface area contributed by atoms with Crippen LogP contribution in [0.2, 0.25) is 0 Å². The first-order valence-corrected chi connectivity index (χ1v) is 9.32. The summed E-state index contributed by atoms with van der Waals surface area (Å²) >= 11 is 0. The molecule has 2 aromatic heterocycles. The fraction of sp³-hybridized carbons (Fsp3) is 0.333. The number of hydrogen-bond donors (Lipinski definition) is 1. The van der Waals surface area contributed by atoms with Gasteiger partial charge in [-0.1, -0.05) is 6.07 Å². The largest absolute Gasteiger partial charge is 0.345 e. The van der Waals surface area contributed by atoms with Crippen LogP contribution in [-0.2, 0) is 7.05 Å². The third kappa shape index (κ3) is 3.24. The molecule has 0 bridgehead atoms. The number of aromatic nitrogens is 3. The highest BCUT2D eigenvalue weighted by Crippen LogP contribution is 2.40. The molecule has 1 fully saturated rings. The average molecular weight is 377 g/mol. The molecule has 0 unspecified atom stereocenters. The number of hydrogen-bond acceptors (Lipinski definition) is 4. The van der Waals surface area contributed by atoms with Crippen LogP contribution in [0.25, 0.3) is 11.0 Å². The Morgan fingerprint density at radius 1 is 1.21 bits per heavy atom. The van der Waals surface area contributed by atoms with Crippen LogP contribution in [-0.4, -0.2) is 45.6 Å². The van der Waals surface area contributed by atoms with E-state index in [4.69, 9.17) is 4.98 Å². The molecule has 0 aliphatic heterocycles. The molecule has 0 radical (unpaired) electrons. The minimum Gasteiger partial charge on any atom is -0.345 e. The molecule has 1 N–H and O–H groups in total. The first kappa shape index (κ1) is 18.2. The first-order valence-electron chi connectivity index (χ1n) is 9.32. The molecule has 7 nitrogen and oxygen atoms in total. The summed E-state index contributed by atoms with van der Waals surface area (Å²) in [5.41, 5.74) is 4.12. The second-order valence-electron chi connectivity index (χ2n) is 7.51. The van der Waals surface area contributed by atoms with Gasteiger partial charge in [0.15, 0.2) is 5.65 Å². The number of anilines is 1. The molecule has 3 aromatic rings. The Morgan fingerprint density at radius 2 is 1.96 bits per heavy atom. The zero-order valence-electron chi connectivity index (χ0n) is 16.5. The van der Waals surface area contributed by atoms with Gasteiger partial charge in [-0.3, -0.25) is 14.3 Å². The van der Waals surface area contributed by atoms with Crippen molar-refractivity contribution < 1.29 is 9.59 Å². The normalized spacial score (nSPS) is 13.6. The number of aryl methyl sites for hydroxylation is 2. The number of amides is 2. The van der Waals surface area contributed by atoms with Gasteiger partial charge in [0.05, 0.1) is 16.6 Å². The zero-order chi connectivity index (χ0) is 20.0. The van der Waals surface area contributed by atoms with E-state index in [2.05, 4.69) is 10.4 Å². The number of nitrogens with zero attached hydrogens (tertiary/aromatic N) is 4. The Kier molecular flexibility index (Phi) is 4.37. The van der Waals surface area contributed by atoms with E-state index in [1.807, 2.05) is 20.0 Å². The summed E-state index contributed by atoms with van der Waals surface area (Å²) in [6.45, 7) is 1.88. The van der Waals surface area contributed by atoms with E-state index in [1.165, 1.54) is 4.90 Å². The molecule has 28 heavy (non-hydrogen) atoms. The Labute approximate surface area is 163 Å². The van der Waals surface area contributed by atoms with Crippen LogP contribution in [0.4, 0.5) is 5.69 Å². The topological polar surface area (TPSA) is 80.1 Å². The molecular weight excluding hydrogens is 354 g/mol. The monoisotopic (exact) mass is 377 g/mol. The van der Waals surface area contributed by atoms with Crippen molar-refractivity contribution in [3.05, 3.63) is 52.8 Å². The van der Waals surface area contributed by atoms with E-state index in [9.17, 15) is 9.59 Å². The molecule has 0 spiro atoms. The number of benzene rings is 1. The molecule has 2 heterocycles. The van der Waals surface area contributed by atoms with Gasteiger partial charge in [0.2, 0.25) is 0 Å². The van der Waals surface area contributed by atoms with E-state index in [1.54, 1.807) is 43.0 Å². The van der Waals surface area contributed by atoms with Gasteiger partial charge in [-0.05, 0) is 44.0 Å². The summed E-state index contributed by atoms with van der Waals surface area (Å²) in [4.78, 5) is 31.6. The molecule has 7 heteroatoms. The molecule has 2 amide bonds. The van der Waals surface area contributed by atoms with Crippen molar-refractivity contribution in [2.75, 3.05) is 19.4 Å². The van der Waals surface area contributed by atoms with Crippen LogP contribution in [0.5, 0.6) is 0 Å². The Bertz CT molecular complexity index is 1100. The minimum absolute atomic E-state index is 0.110. The smallest absolute Gasteiger partial charge is 0.256 e. The summed E-state index contributed by atoms with van der Waals surface area (Å²) < 4.78 is 1.73. The third-order valence-corrected chi connectivity index (χ3v) is 5.00. The Balaban J connectivity index is 1.72. The van der Waals surface area contributed by atoms with E-state index >= 15 is 0 Å². The van der Waals surface area contributed by atoms with Crippen molar-refractivity contribution >= 4 is 28.5 Å². The van der Waals surface area contributed by atoms with Crippen LogP contribution < -0.4 is 5.32 Å². The van der Waals surface area contributed by atoms with Crippen molar-refractivity contribution in [1.82, 2.24) is 19.7 Å².